The van der Waals surface area contributed by atoms with Gasteiger partial charge in [0.05, 0.1) is 65.5 Å². The Morgan fingerprint density at radius 2 is 0.981 bits per heavy atom. The van der Waals surface area contributed by atoms with Gasteiger partial charge in [-0.15, -0.1) is 0 Å². The van der Waals surface area contributed by atoms with E-state index in [1.807, 2.05) is 6.55 Å². The summed E-state index contributed by atoms with van der Waals surface area (Å²) in [5.41, 5.74) is 0.548. The van der Waals surface area contributed by atoms with Crippen LogP contribution in [0.3, 0.4) is 0 Å². The van der Waals surface area contributed by atoms with Crippen LogP contribution < -0.4 is 0 Å². The normalized spacial score (nSPS) is 11.9. The fourth-order valence-corrected chi connectivity index (χ4v) is 9.21. The van der Waals surface area contributed by atoms with Crippen molar-refractivity contribution < 1.29 is 80.0 Å². The molecule has 0 heterocycles. The lowest BCUT2D eigenvalue weighted by Gasteiger charge is -2.33. The van der Waals surface area contributed by atoms with Crippen molar-refractivity contribution in [3.05, 3.63) is 24.3 Å². The fourth-order valence-electron chi connectivity index (χ4n) is 3.15. The minimum Gasteiger partial charge on any atom is -0.463 e. The number of rotatable bonds is 30. The van der Waals surface area contributed by atoms with Crippen LogP contribution in [0.5, 0.6) is 0 Å². The molecule has 0 saturated carbocycles. The number of ether oxygens (including phenoxy) is 7. The SMILES string of the molecule is C=C(C)C(=O)OCCOC(=O)CCC(=O)OCCOCCOCCO[Si](C)(OCCO)O[Si](C)(C)CC.C=C(C)C(=O)OCCOC(=O)CCC=O. The third kappa shape index (κ3) is 31.4. The van der Waals surface area contributed by atoms with Gasteiger partial charge in [-0.05, 0) is 33.0 Å². The molecule has 19 heteroatoms. The molecule has 0 bridgehead atoms. The van der Waals surface area contributed by atoms with Gasteiger partial charge >= 0.3 is 38.7 Å². The second kappa shape index (κ2) is 31.2. The summed E-state index contributed by atoms with van der Waals surface area (Å²) in [4.78, 5) is 66.0. The zero-order valence-corrected chi connectivity index (χ0v) is 33.5. The Kier molecular flexibility index (Phi) is 30.5. The van der Waals surface area contributed by atoms with Gasteiger partial charge in [-0.2, -0.15) is 0 Å². The van der Waals surface area contributed by atoms with Crippen LogP contribution >= 0.6 is 0 Å². The van der Waals surface area contributed by atoms with E-state index < -0.39 is 47.0 Å². The predicted molar refractivity (Wildman–Crippen MR) is 190 cm³/mol. The molecule has 0 aromatic heterocycles. The van der Waals surface area contributed by atoms with Crippen LogP contribution in [0.4, 0.5) is 0 Å². The molecule has 0 radical (unpaired) electrons. The molecule has 0 aliphatic rings. The Morgan fingerprint density at radius 1 is 0.596 bits per heavy atom. The molecule has 0 aliphatic heterocycles. The predicted octanol–water partition coefficient (Wildman–Crippen LogP) is 2.47. The smallest absolute Gasteiger partial charge is 0.463 e. The molecule has 0 aliphatic carbocycles. The molecule has 300 valence electrons. The van der Waals surface area contributed by atoms with Crippen LogP contribution in [-0.2, 0) is 74.9 Å². The molecule has 0 fully saturated rings. The molecule has 52 heavy (non-hydrogen) atoms. The van der Waals surface area contributed by atoms with Crippen LogP contribution in [0.2, 0.25) is 25.7 Å². The molecular weight excluding hydrogens is 725 g/mol. The largest absolute Gasteiger partial charge is 0.487 e. The number of carbonyl (C=O) groups is 6. The van der Waals surface area contributed by atoms with Crippen molar-refractivity contribution in [3.8, 4) is 0 Å². The standard InChI is InChI=1S/C23H44O12Si2.C10H14O5/c1-7-36(4,5)35-37(6,33-11-10-24)34-19-15-29-13-12-28-14-16-30-21(25)8-9-22(26)31-17-18-32-23(27)20(2)3;1-8(2)10(13)15-7-6-14-9(12)4-3-5-11/h24H,2,7-19H2,1,3-6H3;5H,1,3-4,6-7H2,2H3. The lowest BCUT2D eigenvalue weighted by molar-refractivity contribution is -0.153. The summed E-state index contributed by atoms with van der Waals surface area (Å²) >= 11 is 0. The van der Waals surface area contributed by atoms with Gasteiger partial charge in [-0.25, -0.2) is 9.59 Å². The highest BCUT2D eigenvalue weighted by Gasteiger charge is 2.40. The molecule has 0 aromatic carbocycles. The Bertz CT molecular complexity index is 1100. The minimum absolute atomic E-state index is 0.00147. The van der Waals surface area contributed by atoms with Crippen LogP contribution in [0.1, 0.15) is 46.5 Å². The molecule has 1 atom stereocenters. The molecule has 0 aromatic rings. The first kappa shape index (κ1) is 50.8. The van der Waals surface area contributed by atoms with Crippen LogP contribution in [0, 0.1) is 0 Å². The summed E-state index contributed by atoms with van der Waals surface area (Å²) in [7, 11) is -4.76. The highest BCUT2D eigenvalue weighted by Crippen LogP contribution is 2.20. The number of hydrogen-bond donors (Lipinski definition) is 1. The maximum absolute atomic E-state index is 11.7. The maximum Gasteiger partial charge on any atom is 0.487 e. The minimum atomic E-state index is -2.86. The number of hydrogen-bond acceptors (Lipinski definition) is 17. The summed E-state index contributed by atoms with van der Waals surface area (Å²) in [6, 6.07) is 0.924. The van der Waals surface area contributed by atoms with Gasteiger partial charge in [-0.3, -0.25) is 14.4 Å². The van der Waals surface area contributed by atoms with Gasteiger partial charge in [0.25, 0.3) is 0 Å². The summed E-state index contributed by atoms with van der Waals surface area (Å²) in [6.45, 7) is 19.3. The van der Waals surface area contributed by atoms with Crippen LogP contribution in [-0.4, -0.2) is 138 Å². The van der Waals surface area contributed by atoms with Gasteiger partial charge in [0.2, 0.25) is 0 Å². The van der Waals surface area contributed by atoms with Gasteiger partial charge in [0.1, 0.15) is 39.3 Å². The highest BCUT2D eigenvalue weighted by atomic mass is 28.5. The van der Waals surface area contributed by atoms with E-state index in [-0.39, 0.29) is 84.1 Å². The first-order valence-electron chi connectivity index (χ1n) is 16.8. The maximum atomic E-state index is 11.7. The Hall–Kier alpha value is -3.31. The third-order valence-corrected chi connectivity index (χ3v) is 12.9. The van der Waals surface area contributed by atoms with E-state index >= 15 is 0 Å². The zero-order valence-electron chi connectivity index (χ0n) is 31.5. The number of aldehydes is 1. The third-order valence-electron chi connectivity index (χ3n) is 6.08. The van der Waals surface area contributed by atoms with Crippen molar-refractivity contribution in [2.24, 2.45) is 0 Å². The Balaban J connectivity index is 0. The molecule has 1 N–H and O–H groups in total. The summed E-state index contributed by atoms with van der Waals surface area (Å²) < 4.78 is 52.6. The van der Waals surface area contributed by atoms with Crippen molar-refractivity contribution in [3.63, 3.8) is 0 Å². The molecule has 17 nitrogen and oxygen atoms in total. The average molecular weight is 783 g/mol. The Morgan fingerprint density at radius 3 is 1.40 bits per heavy atom. The number of carbonyl (C=O) groups excluding carboxylic acids is 6. The van der Waals surface area contributed by atoms with E-state index in [0.29, 0.717) is 38.3 Å². The molecule has 0 saturated heterocycles. The summed E-state index contributed by atoms with van der Waals surface area (Å²) in [6.07, 6.45) is 0.574. The van der Waals surface area contributed by atoms with Crippen molar-refractivity contribution in [1.82, 2.24) is 0 Å². The van der Waals surface area contributed by atoms with Crippen molar-refractivity contribution in [1.29, 1.82) is 0 Å². The van der Waals surface area contributed by atoms with Gasteiger partial charge in [-0.1, -0.05) is 20.1 Å². The quantitative estimate of drug-likeness (QED) is 0.0277. The molecule has 1 unspecified atom stereocenters. The van der Waals surface area contributed by atoms with E-state index in [4.69, 9.17) is 41.8 Å². The van der Waals surface area contributed by atoms with Crippen LogP contribution in [0.25, 0.3) is 0 Å². The second-order valence-electron chi connectivity index (χ2n) is 11.4. The zero-order chi connectivity index (χ0) is 39.8. The summed E-state index contributed by atoms with van der Waals surface area (Å²) in [5.74, 6) is -2.69. The topological polar surface area (TPSA) is 215 Å². The lowest BCUT2D eigenvalue weighted by Crippen LogP contribution is -2.51. The monoisotopic (exact) mass is 782 g/mol. The average Bonchev–Trinajstić information content (AvgIpc) is 3.09. The highest BCUT2D eigenvalue weighted by molar-refractivity contribution is 6.80. The molecule has 0 amide bonds. The van der Waals surface area contributed by atoms with Crippen LogP contribution in [0.15, 0.2) is 24.3 Å². The van der Waals surface area contributed by atoms with Gasteiger partial charge in [0, 0.05) is 24.1 Å². The fraction of sp³-hybridized carbons (Fsp3) is 0.697. The number of esters is 5. The number of aliphatic hydroxyl groups is 1. The van der Waals surface area contributed by atoms with E-state index in [9.17, 15) is 28.8 Å². The second-order valence-corrected chi connectivity index (χ2v) is 18.8. The van der Waals surface area contributed by atoms with E-state index in [1.54, 1.807) is 0 Å². The lowest BCUT2D eigenvalue weighted by atomic mass is 10.3. The first-order chi connectivity index (χ1) is 24.5. The summed E-state index contributed by atoms with van der Waals surface area (Å²) in [5, 5.41) is 9.06. The number of aliphatic hydroxyl groups excluding tert-OH is 1. The first-order valence-corrected chi connectivity index (χ1v) is 22.2. The molecule has 0 spiro atoms. The van der Waals surface area contributed by atoms with Gasteiger partial charge in [0.15, 0.2) is 8.32 Å². The van der Waals surface area contributed by atoms with Gasteiger partial charge < -0.3 is 56.0 Å². The molecular formula is C33H58O17Si2. The van der Waals surface area contributed by atoms with Crippen molar-refractivity contribution >= 4 is 53.3 Å². The van der Waals surface area contributed by atoms with E-state index in [1.165, 1.54) is 13.8 Å². The molecule has 0 rings (SSSR count). The Labute approximate surface area is 308 Å². The van der Waals surface area contributed by atoms with Crippen molar-refractivity contribution in [2.75, 3.05) is 79.3 Å². The van der Waals surface area contributed by atoms with Crippen molar-refractivity contribution in [2.45, 2.75) is 72.1 Å². The van der Waals surface area contributed by atoms with E-state index in [0.717, 1.165) is 6.04 Å². The van der Waals surface area contributed by atoms with E-state index in [2.05, 4.69) is 42.6 Å².